The molecule has 1 aliphatic heterocycles. The van der Waals surface area contributed by atoms with Crippen LogP contribution in [-0.4, -0.2) is 43.5 Å². The maximum atomic E-state index is 11.8. The van der Waals surface area contributed by atoms with Gasteiger partial charge in [0.05, 0.1) is 6.04 Å². The Labute approximate surface area is 105 Å². The van der Waals surface area contributed by atoms with E-state index in [4.69, 9.17) is 5.73 Å². The number of rotatable bonds is 5. The van der Waals surface area contributed by atoms with Crippen molar-refractivity contribution in [3.63, 3.8) is 0 Å². The number of nitrogens with zero attached hydrogens (tertiary/aromatic N) is 1. The minimum absolute atomic E-state index is 0.00641. The van der Waals surface area contributed by atoms with Crippen molar-refractivity contribution in [2.24, 2.45) is 17.6 Å². The molecule has 1 unspecified atom stereocenters. The van der Waals surface area contributed by atoms with Crippen LogP contribution in [0.25, 0.3) is 0 Å². The van der Waals surface area contributed by atoms with Crippen LogP contribution in [0.1, 0.15) is 33.1 Å². The number of hydrogen-bond donors (Lipinski definition) is 2. The molecule has 1 rings (SSSR count). The monoisotopic (exact) mass is 241 g/mol. The standard InChI is InChI=1S/C13H27N3O/c1-10(2)7-12(14)13(17)15-8-11-5-4-6-16(3)9-11/h10-12H,4-9,14H2,1-3H3,(H,15,17)/t11?,12-/m0/s1. The van der Waals surface area contributed by atoms with E-state index in [2.05, 4.69) is 31.1 Å². The van der Waals surface area contributed by atoms with Gasteiger partial charge in [-0.2, -0.15) is 0 Å². The predicted molar refractivity (Wildman–Crippen MR) is 70.7 cm³/mol. The van der Waals surface area contributed by atoms with Gasteiger partial charge in [-0.25, -0.2) is 0 Å². The second-order valence-corrected chi connectivity index (χ2v) is 5.75. The number of carbonyl (C=O) groups is 1. The van der Waals surface area contributed by atoms with Gasteiger partial charge in [0, 0.05) is 13.1 Å². The number of carbonyl (C=O) groups excluding carboxylic acids is 1. The van der Waals surface area contributed by atoms with Gasteiger partial charge in [-0.3, -0.25) is 4.79 Å². The topological polar surface area (TPSA) is 58.4 Å². The average Bonchev–Trinajstić information content (AvgIpc) is 2.25. The summed E-state index contributed by atoms with van der Waals surface area (Å²) < 4.78 is 0. The van der Waals surface area contributed by atoms with Crippen molar-refractivity contribution in [1.82, 2.24) is 10.2 Å². The van der Waals surface area contributed by atoms with Crippen LogP contribution in [0.5, 0.6) is 0 Å². The quantitative estimate of drug-likeness (QED) is 0.749. The first-order valence-corrected chi connectivity index (χ1v) is 6.71. The molecule has 0 aromatic heterocycles. The fourth-order valence-electron chi connectivity index (χ4n) is 2.43. The molecule has 1 fully saturated rings. The first-order chi connectivity index (χ1) is 7.99. The largest absolute Gasteiger partial charge is 0.354 e. The van der Waals surface area contributed by atoms with Crippen molar-refractivity contribution in [2.75, 3.05) is 26.7 Å². The minimum atomic E-state index is -0.351. The Morgan fingerprint density at radius 2 is 2.24 bits per heavy atom. The van der Waals surface area contributed by atoms with Gasteiger partial charge in [0.1, 0.15) is 0 Å². The molecule has 1 aliphatic rings. The van der Waals surface area contributed by atoms with Crippen LogP contribution < -0.4 is 11.1 Å². The van der Waals surface area contributed by atoms with Crippen LogP contribution in [0, 0.1) is 11.8 Å². The maximum absolute atomic E-state index is 11.8. The van der Waals surface area contributed by atoms with Gasteiger partial charge in [-0.05, 0) is 44.7 Å². The Balaban J connectivity index is 2.22. The summed E-state index contributed by atoms with van der Waals surface area (Å²) in [7, 11) is 2.14. The van der Waals surface area contributed by atoms with E-state index in [0.717, 1.165) is 19.5 Å². The molecule has 0 bridgehead atoms. The van der Waals surface area contributed by atoms with Crippen molar-refractivity contribution in [2.45, 2.75) is 39.2 Å². The Kier molecular flexibility index (Phi) is 5.92. The third kappa shape index (κ3) is 5.50. The summed E-state index contributed by atoms with van der Waals surface area (Å²) in [5.41, 5.74) is 5.84. The van der Waals surface area contributed by atoms with Gasteiger partial charge >= 0.3 is 0 Å². The van der Waals surface area contributed by atoms with Gasteiger partial charge < -0.3 is 16.0 Å². The van der Waals surface area contributed by atoms with Gasteiger partial charge in [-0.1, -0.05) is 13.8 Å². The molecule has 0 spiro atoms. The van der Waals surface area contributed by atoms with E-state index >= 15 is 0 Å². The fraction of sp³-hybridized carbons (Fsp3) is 0.923. The molecule has 100 valence electrons. The molecule has 1 heterocycles. The van der Waals surface area contributed by atoms with Crippen LogP contribution in [-0.2, 0) is 4.79 Å². The highest BCUT2D eigenvalue weighted by atomic mass is 16.2. The van der Waals surface area contributed by atoms with Gasteiger partial charge in [0.2, 0.25) is 5.91 Å². The highest BCUT2D eigenvalue weighted by molar-refractivity contribution is 5.81. The van der Waals surface area contributed by atoms with Crippen LogP contribution in [0.3, 0.4) is 0 Å². The molecule has 0 aromatic rings. The van der Waals surface area contributed by atoms with E-state index in [-0.39, 0.29) is 11.9 Å². The van der Waals surface area contributed by atoms with E-state index < -0.39 is 0 Å². The molecule has 0 aromatic carbocycles. The first kappa shape index (κ1) is 14.5. The van der Waals surface area contributed by atoms with Crippen molar-refractivity contribution >= 4 is 5.91 Å². The van der Waals surface area contributed by atoms with Crippen LogP contribution in [0.15, 0.2) is 0 Å². The SMILES string of the molecule is CC(C)C[C@H](N)C(=O)NCC1CCCN(C)C1. The van der Waals surface area contributed by atoms with Gasteiger partial charge in [-0.15, -0.1) is 0 Å². The van der Waals surface area contributed by atoms with E-state index in [1.54, 1.807) is 0 Å². The maximum Gasteiger partial charge on any atom is 0.236 e. The predicted octanol–water partition coefficient (Wildman–Crippen LogP) is 0.818. The molecule has 3 N–H and O–H groups in total. The molecule has 0 radical (unpaired) electrons. The lowest BCUT2D eigenvalue weighted by Gasteiger charge is -2.30. The second-order valence-electron chi connectivity index (χ2n) is 5.75. The van der Waals surface area contributed by atoms with Crippen LogP contribution in [0.2, 0.25) is 0 Å². The summed E-state index contributed by atoms with van der Waals surface area (Å²) in [6.07, 6.45) is 3.20. The van der Waals surface area contributed by atoms with Crippen molar-refractivity contribution < 1.29 is 4.79 Å². The normalized spacial score (nSPS) is 23.7. The lowest BCUT2D eigenvalue weighted by Crippen LogP contribution is -2.45. The molecule has 1 amide bonds. The van der Waals surface area contributed by atoms with E-state index in [1.807, 2.05) is 0 Å². The zero-order valence-corrected chi connectivity index (χ0v) is 11.4. The molecule has 0 saturated carbocycles. The Hall–Kier alpha value is -0.610. The van der Waals surface area contributed by atoms with Crippen molar-refractivity contribution in [3.8, 4) is 0 Å². The summed E-state index contributed by atoms with van der Waals surface area (Å²) in [5, 5.41) is 2.99. The summed E-state index contributed by atoms with van der Waals surface area (Å²) in [5.74, 6) is 1.06. The molecule has 4 nitrogen and oxygen atoms in total. The Bertz CT molecular complexity index is 243. The zero-order valence-electron chi connectivity index (χ0n) is 11.4. The molecule has 4 heteroatoms. The summed E-state index contributed by atoms with van der Waals surface area (Å²) in [4.78, 5) is 14.1. The molecule has 0 aliphatic carbocycles. The first-order valence-electron chi connectivity index (χ1n) is 6.71. The third-order valence-corrected chi connectivity index (χ3v) is 3.35. The van der Waals surface area contributed by atoms with E-state index in [1.165, 1.54) is 19.4 Å². The second kappa shape index (κ2) is 6.97. The number of nitrogens with two attached hydrogens (primary N) is 1. The zero-order chi connectivity index (χ0) is 12.8. The highest BCUT2D eigenvalue weighted by Gasteiger charge is 2.20. The lowest BCUT2D eigenvalue weighted by molar-refractivity contribution is -0.122. The number of likely N-dealkylation sites (tertiary alicyclic amines) is 1. The highest BCUT2D eigenvalue weighted by Crippen LogP contribution is 2.14. The average molecular weight is 241 g/mol. The molecular formula is C13H27N3O. The van der Waals surface area contributed by atoms with Crippen LogP contribution in [0.4, 0.5) is 0 Å². The minimum Gasteiger partial charge on any atom is -0.354 e. The smallest absolute Gasteiger partial charge is 0.236 e. The Morgan fingerprint density at radius 3 is 2.82 bits per heavy atom. The van der Waals surface area contributed by atoms with E-state index in [0.29, 0.717) is 11.8 Å². The van der Waals surface area contributed by atoms with E-state index in [9.17, 15) is 4.79 Å². The molecule has 2 atom stereocenters. The number of amides is 1. The number of piperidine rings is 1. The number of hydrogen-bond acceptors (Lipinski definition) is 3. The van der Waals surface area contributed by atoms with Crippen LogP contribution >= 0.6 is 0 Å². The summed E-state index contributed by atoms with van der Waals surface area (Å²) in [6.45, 7) is 7.21. The third-order valence-electron chi connectivity index (χ3n) is 3.35. The Morgan fingerprint density at radius 1 is 1.53 bits per heavy atom. The van der Waals surface area contributed by atoms with Gasteiger partial charge in [0.15, 0.2) is 0 Å². The fourth-order valence-corrected chi connectivity index (χ4v) is 2.43. The molecule has 1 saturated heterocycles. The van der Waals surface area contributed by atoms with Crippen molar-refractivity contribution in [3.05, 3.63) is 0 Å². The molecular weight excluding hydrogens is 214 g/mol. The van der Waals surface area contributed by atoms with Gasteiger partial charge in [0.25, 0.3) is 0 Å². The van der Waals surface area contributed by atoms with Crippen molar-refractivity contribution in [1.29, 1.82) is 0 Å². The lowest BCUT2D eigenvalue weighted by atomic mass is 9.98. The molecule has 17 heavy (non-hydrogen) atoms. The summed E-state index contributed by atoms with van der Waals surface area (Å²) in [6, 6.07) is -0.351. The number of nitrogens with one attached hydrogen (secondary N) is 1. The summed E-state index contributed by atoms with van der Waals surface area (Å²) >= 11 is 0.